The van der Waals surface area contributed by atoms with Gasteiger partial charge in [0.05, 0.1) is 12.0 Å². The maximum atomic E-state index is 5.61. The van der Waals surface area contributed by atoms with E-state index in [4.69, 9.17) is 16.0 Å². The molecule has 0 fully saturated rings. The number of rotatable bonds is 8. The van der Waals surface area contributed by atoms with E-state index in [1.165, 1.54) is 30.6 Å². The lowest BCUT2D eigenvalue weighted by Gasteiger charge is -2.00. The van der Waals surface area contributed by atoms with Crippen LogP contribution in [0.1, 0.15) is 37.0 Å². The van der Waals surface area contributed by atoms with Crippen molar-refractivity contribution in [3.8, 4) is 0 Å². The maximum Gasteiger partial charge on any atom is 0.116 e. The molecule has 3 heteroatoms. The zero-order valence-electron chi connectivity index (χ0n) is 9.30. The molecule has 0 amide bonds. The number of furan rings is 1. The molecule has 0 atom stereocenters. The summed E-state index contributed by atoms with van der Waals surface area (Å²) in [6, 6.07) is 2.02. The molecule has 0 spiro atoms. The van der Waals surface area contributed by atoms with Crippen LogP contribution in [0.25, 0.3) is 0 Å². The number of aryl methyl sites for hydroxylation is 1. The molecule has 0 aliphatic carbocycles. The van der Waals surface area contributed by atoms with Gasteiger partial charge in [-0.25, -0.2) is 0 Å². The van der Waals surface area contributed by atoms with Crippen molar-refractivity contribution in [1.29, 1.82) is 0 Å². The molecule has 1 aromatic heterocycles. The second-order valence-corrected chi connectivity index (χ2v) is 5.17. The summed E-state index contributed by atoms with van der Waals surface area (Å²) in [6.45, 7) is 2.10. The number of halogens is 1. The van der Waals surface area contributed by atoms with Gasteiger partial charge in [-0.05, 0) is 37.1 Å². The van der Waals surface area contributed by atoms with Crippen LogP contribution >= 0.6 is 23.4 Å². The monoisotopic (exact) mass is 246 g/mol. The molecule has 1 heterocycles. The Balaban J connectivity index is 1.96. The quantitative estimate of drug-likeness (QED) is 0.491. The fraction of sp³-hybridized carbons (Fsp3) is 0.667. The molecule has 0 aliphatic heterocycles. The molecule has 0 aromatic carbocycles. The lowest BCUT2D eigenvalue weighted by atomic mass is 10.2. The van der Waals surface area contributed by atoms with Crippen molar-refractivity contribution in [2.45, 2.75) is 38.4 Å². The SMILES string of the molecule is Cc1ccoc1CSCCCCCCCl. The minimum absolute atomic E-state index is 0.804. The average molecular weight is 247 g/mol. The Morgan fingerprint density at radius 3 is 2.73 bits per heavy atom. The molecule has 1 rings (SSSR count). The third-order valence-corrected chi connectivity index (χ3v) is 3.68. The Labute approximate surface area is 102 Å². The molecule has 0 unspecified atom stereocenters. The van der Waals surface area contributed by atoms with Crippen LogP contribution in [0.3, 0.4) is 0 Å². The third kappa shape index (κ3) is 5.53. The fourth-order valence-corrected chi connectivity index (χ4v) is 2.59. The van der Waals surface area contributed by atoms with Crippen LogP contribution in [0.15, 0.2) is 16.7 Å². The van der Waals surface area contributed by atoms with Gasteiger partial charge in [0.15, 0.2) is 0 Å². The molecule has 86 valence electrons. The molecule has 1 aromatic rings. The topological polar surface area (TPSA) is 13.1 Å². The van der Waals surface area contributed by atoms with E-state index in [1.54, 1.807) is 6.26 Å². The van der Waals surface area contributed by atoms with Crippen molar-refractivity contribution in [3.63, 3.8) is 0 Å². The Bertz CT molecular complexity index is 260. The van der Waals surface area contributed by atoms with Crippen LogP contribution in [-0.4, -0.2) is 11.6 Å². The average Bonchev–Trinajstić information content (AvgIpc) is 2.63. The molecule has 0 saturated heterocycles. The first-order chi connectivity index (χ1) is 7.34. The molecular weight excluding hydrogens is 228 g/mol. The van der Waals surface area contributed by atoms with Gasteiger partial charge in [0, 0.05) is 5.88 Å². The molecular formula is C12H19ClOS. The second kappa shape index (κ2) is 8.12. The highest BCUT2D eigenvalue weighted by atomic mass is 35.5. The van der Waals surface area contributed by atoms with E-state index in [0.717, 1.165) is 23.8 Å². The first-order valence-corrected chi connectivity index (χ1v) is 7.20. The van der Waals surface area contributed by atoms with Gasteiger partial charge in [0.2, 0.25) is 0 Å². The third-order valence-electron chi connectivity index (χ3n) is 2.37. The zero-order chi connectivity index (χ0) is 10.9. The lowest BCUT2D eigenvalue weighted by Crippen LogP contribution is -1.85. The molecule has 0 saturated carbocycles. The smallest absolute Gasteiger partial charge is 0.116 e. The summed E-state index contributed by atoms with van der Waals surface area (Å²) in [4.78, 5) is 0. The van der Waals surface area contributed by atoms with Crippen molar-refractivity contribution >= 4 is 23.4 Å². The van der Waals surface area contributed by atoms with E-state index >= 15 is 0 Å². The molecule has 15 heavy (non-hydrogen) atoms. The van der Waals surface area contributed by atoms with Crippen LogP contribution < -0.4 is 0 Å². The van der Waals surface area contributed by atoms with Gasteiger partial charge < -0.3 is 4.42 Å². The molecule has 0 bridgehead atoms. The van der Waals surface area contributed by atoms with Gasteiger partial charge in [0.25, 0.3) is 0 Å². The van der Waals surface area contributed by atoms with Gasteiger partial charge in [-0.15, -0.1) is 11.6 Å². The highest BCUT2D eigenvalue weighted by molar-refractivity contribution is 7.98. The van der Waals surface area contributed by atoms with Crippen molar-refractivity contribution in [1.82, 2.24) is 0 Å². The van der Waals surface area contributed by atoms with Crippen LogP contribution in [0.5, 0.6) is 0 Å². The van der Waals surface area contributed by atoms with Gasteiger partial charge in [-0.2, -0.15) is 11.8 Å². The predicted octanol–water partition coefficient (Wildman–Crippen LogP) is 4.62. The predicted molar refractivity (Wildman–Crippen MR) is 68.8 cm³/mol. The van der Waals surface area contributed by atoms with E-state index in [1.807, 2.05) is 17.8 Å². The van der Waals surface area contributed by atoms with E-state index in [-0.39, 0.29) is 0 Å². The summed E-state index contributed by atoms with van der Waals surface area (Å²) in [6.07, 6.45) is 6.79. The lowest BCUT2D eigenvalue weighted by molar-refractivity contribution is 0.528. The number of thioether (sulfide) groups is 1. The first-order valence-electron chi connectivity index (χ1n) is 5.51. The first kappa shape index (κ1) is 13.0. The molecule has 0 aliphatic rings. The number of hydrogen-bond acceptors (Lipinski definition) is 2. The molecule has 0 radical (unpaired) electrons. The van der Waals surface area contributed by atoms with Crippen LogP contribution in [0.4, 0.5) is 0 Å². The van der Waals surface area contributed by atoms with Crippen LogP contribution in [0, 0.1) is 6.92 Å². The van der Waals surface area contributed by atoms with Gasteiger partial charge in [-0.1, -0.05) is 12.8 Å². The van der Waals surface area contributed by atoms with E-state index in [0.29, 0.717) is 0 Å². The number of hydrogen-bond donors (Lipinski definition) is 0. The summed E-state index contributed by atoms with van der Waals surface area (Å²) >= 11 is 7.57. The summed E-state index contributed by atoms with van der Waals surface area (Å²) in [5, 5.41) is 0. The maximum absolute atomic E-state index is 5.61. The van der Waals surface area contributed by atoms with E-state index in [9.17, 15) is 0 Å². The van der Waals surface area contributed by atoms with Crippen LogP contribution in [-0.2, 0) is 5.75 Å². The Morgan fingerprint density at radius 1 is 1.27 bits per heavy atom. The molecule has 0 N–H and O–H groups in total. The summed E-state index contributed by atoms with van der Waals surface area (Å²) in [5.74, 6) is 4.16. The van der Waals surface area contributed by atoms with Gasteiger partial charge in [0.1, 0.15) is 5.76 Å². The summed E-state index contributed by atoms with van der Waals surface area (Å²) in [5.41, 5.74) is 1.27. The number of unbranched alkanes of at least 4 members (excludes halogenated alkanes) is 3. The van der Waals surface area contributed by atoms with Crippen molar-refractivity contribution < 1.29 is 4.42 Å². The Hall–Kier alpha value is -0.0800. The van der Waals surface area contributed by atoms with Crippen LogP contribution in [0.2, 0.25) is 0 Å². The van der Waals surface area contributed by atoms with Crippen molar-refractivity contribution in [2.75, 3.05) is 11.6 Å². The minimum atomic E-state index is 0.804. The summed E-state index contributed by atoms with van der Waals surface area (Å²) < 4.78 is 5.37. The largest absolute Gasteiger partial charge is 0.468 e. The normalized spacial score (nSPS) is 10.8. The van der Waals surface area contributed by atoms with Crippen molar-refractivity contribution in [2.24, 2.45) is 0 Å². The van der Waals surface area contributed by atoms with E-state index < -0.39 is 0 Å². The highest BCUT2D eigenvalue weighted by Crippen LogP contribution is 2.18. The fourth-order valence-electron chi connectivity index (χ4n) is 1.37. The standard InChI is InChI=1S/C12H19ClOS/c1-11-6-8-14-12(11)10-15-9-5-3-2-4-7-13/h6,8H,2-5,7,9-10H2,1H3. The minimum Gasteiger partial charge on any atom is -0.468 e. The highest BCUT2D eigenvalue weighted by Gasteiger charge is 2.00. The van der Waals surface area contributed by atoms with Gasteiger partial charge >= 0.3 is 0 Å². The molecule has 1 nitrogen and oxygen atoms in total. The zero-order valence-corrected chi connectivity index (χ0v) is 10.9. The Kier molecular flexibility index (Phi) is 7.03. The van der Waals surface area contributed by atoms with Crippen molar-refractivity contribution in [3.05, 3.63) is 23.7 Å². The van der Waals surface area contributed by atoms with Gasteiger partial charge in [-0.3, -0.25) is 0 Å². The Morgan fingerprint density at radius 2 is 2.07 bits per heavy atom. The number of alkyl halides is 1. The second-order valence-electron chi connectivity index (χ2n) is 3.68. The van der Waals surface area contributed by atoms with E-state index in [2.05, 4.69) is 6.92 Å². The summed E-state index contributed by atoms with van der Waals surface area (Å²) in [7, 11) is 0.